The Labute approximate surface area is 155 Å². The minimum Gasteiger partial charge on any atom is -0.378 e. The summed E-state index contributed by atoms with van der Waals surface area (Å²) in [5.74, 6) is 0.379. The van der Waals surface area contributed by atoms with E-state index in [1.807, 2.05) is 30.5 Å². The van der Waals surface area contributed by atoms with Gasteiger partial charge >= 0.3 is 0 Å². The topological polar surface area (TPSA) is 80.2 Å². The van der Waals surface area contributed by atoms with Gasteiger partial charge in [0.25, 0.3) is 5.91 Å². The molecule has 26 heavy (non-hydrogen) atoms. The number of anilines is 1. The summed E-state index contributed by atoms with van der Waals surface area (Å²) in [6.45, 7) is 4.32. The Morgan fingerprint density at radius 2 is 2.15 bits per heavy atom. The van der Waals surface area contributed by atoms with Crippen LogP contribution in [-0.2, 0) is 4.74 Å². The molecule has 7 nitrogen and oxygen atoms in total. The molecule has 0 aliphatic carbocycles. The van der Waals surface area contributed by atoms with Gasteiger partial charge in [0.05, 0.1) is 29.5 Å². The van der Waals surface area contributed by atoms with E-state index in [2.05, 4.69) is 20.3 Å². The zero-order valence-electron chi connectivity index (χ0n) is 14.4. The molecule has 1 aliphatic rings. The number of morpholine rings is 1. The lowest BCUT2D eigenvalue weighted by Crippen LogP contribution is -2.41. The van der Waals surface area contributed by atoms with E-state index in [1.165, 1.54) is 11.3 Å². The van der Waals surface area contributed by atoms with E-state index in [0.29, 0.717) is 37.9 Å². The van der Waals surface area contributed by atoms with E-state index < -0.39 is 0 Å². The molecule has 1 unspecified atom stereocenters. The number of rotatable bonds is 4. The number of fused-ring (bicyclic) bond motifs is 1. The van der Waals surface area contributed by atoms with Crippen molar-refractivity contribution in [2.24, 2.45) is 0 Å². The maximum absolute atomic E-state index is 13.0. The number of hydrogen-bond acceptors (Lipinski definition) is 7. The van der Waals surface area contributed by atoms with Gasteiger partial charge in [-0.05, 0) is 30.0 Å². The van der Waals surface area contributed by atoms with Crippen LogP contribution in [0.5, 0.6) is 0 Å². The number of ether oxygens (including phenoxy) is 1. The fourth-order valence-corrected chi connectivity index (χ4v) is 3.71. The molecule has 0 bridgehead atoms. The first-order chi connectivity index (χ1) is 12.7. The van der Waals surface area contributed by atoms with Crippen molar-refractivity contribution in [1.29, 1.82) is 0 Å². The Bertz CT molecular complexity index is 908. The number of hydrogen-bond donors (Lipinski definition) is 1. The van der Waals surface area contributed by atoms with Gasteiger partial charge in [-0.25, -0.2) is 9.97 Å². The second-order valence-corrected chi connectivity index (χ2v) is 7.00. The third-order valence-electron chi connectivity index (χ3n) is 4.33. The van der Waals surface area contributed by atoms with Crippen molar-refractivity contribution in [3.63, 3.8) is 0 Å². The van der Waals surface area contributed by atoms with Crippen molar-refractivity contribution < 1.29 is 9.53 Å². The highest BCUT2D eigenvalue weighted by Gasteiger charge is 2.24. The van der Waals surface area contributed by atoms with Crippen LogP contribution in [0.4, 0.5) is 5.95 Å². The predicted octanol–water partition coefficient (Wildman–Crippen LogP) is 2.73. The zero-order valence-corrected chi connectivity index (χ0v) is 15.2. The fourth-order valence-electron chi connectivity index (χ4n) is 2.90. The standard InChI is InChI=1S/C18H19N5O2S/c1-12(13-3-2-5-19-11-13)20-18-21-14-4-10-26-16(14)15(22-18)17(24)23-6-8-25-9-7-23/h2-5,10-12H,6-9H2,1H3,(H,20,21,22). The molecule has 3 aromatic heterocycles. The lowest BCUT2D eigenvalue weighted by Gasteiger charge is -2.26. The van der Waals surface area contributed by atoms with Gasteiger partial charge in [-0.3, -0.25) is 9.78 Å². The van der Waals surface area contributed by atoms with Crippen molar-refractivity contribution in [3.8, 4) is 0 Å². The highest BCUT2D eigenvalue weighted by molar-refractivity contribution is 7.17. The molecular weight excluding hydrogens is 350 g/mol. The Morgan fingerprint density at radius 3 is 2.92 bits per heavy atom. The summed E-state index contributed by atoms with van der Waals surface area (Å²) < 4.78 is 6.16. The Balaban J connectivity index is 1.65. The zero-order chi connectivity index (χ0) is 17.9. The van der Waals surface area contributed by atoms with Crippen LogP contribution in [0.1, 0.15) is 29.0 Å². The summed E-state index contributed by atoms with van der Waals surface area (Å²) in [7, 11) is 0. The van der Waals surface area contributed by atoms with E-state index in [1.54, 1.807) is 17.3 Å². The van der Waals surface area contributed by atoms with Crippen LogP contribution in [-0.4, -0.2) is 52.1 Å². The number of carbonyl (C=O) groups is 1. The summed E-state index contributed by atoms with van der Waals surface area (Å²) in [5.41, 5.74) is 2.26. The first kappa shape index (κ1) is 16.9. The van der Waals surface area contributed by atoms with E-state index >= 15 is 0 Å². The Hall–Kier alpha value is -2.58. The maximum atomic E-state index is 13.0. The molecule has 1 amide bonds. The van der Waals surface area contributed by atoms with Crippen molar-refractivity contribution >= 4 is 33.4 Å². The third-order valence-corrected chi connectivity index (χ3v) is 5.24. The van der Waals surface area contributed by atoms with E-state index in [4.69, 9.17) is 4.74 Å². The summed E-state index contributed by atoms with van der Waals surface area (Å²) in [5, 5.41) is 5.22. The van der Waals surface area contributed by atoms with Crippen molar-refractivity contribution in [1.82, 2.24) is 19.9 Å². The largest absolute Gasteiger partial charge is 0.378 e. The van der Waals surface area contributed by atoms with Gasteiger partial charge in [0.1, 0.15) is 0 Å². The minimum atomic E-state index is -0.0692. The molecule has 0 spiro atoms. The van der Waals surface area contributed by atoms with Crippen LogP contribution in [0, 0.1) is 0 Å². The molecule has 0 aromatic carbocycles. The van der Waals surface area contributed by atoms with Crippen LogP contribution in [0.25, 0.3) is 10.2 Å². The molecule has 0 radical (unpaired) electrons. The number of nitrogens with zero attached hydrogens (tertiary/aromatic N) is 4. The molecule has 134 valence electrons. The van der Waals surface area contributed by atoms with Gasteiger partial charge in [-0.2, -0.15) is 0 Å². The summed E-state index contributed by atoms with van der Waals surface area (Å²) in [6.07, 6.45) is 3.55. The second kappa shape index (κ2) is 7.35. The minimum absolute atomic E-state index is 0.0221. The molecule has 3 aromatic rings. The van der Waals surface area contributed by atoms with Gasteiger partial charge in [-0.1, -0.05) is 6.07 Å². The first-order valence-corrected chi connectivity index (χ1v) is 9.39. The average molecular weight is 369 g/mol. The molecule has 1 atom stereocenters. The van der Waals surface area contributed by atoms with Gasteiger partial charge in [0, 0.05) is 25.5 Å². The molecule has 1 aliphatic heterocycles. The quantitative estimate of drug-likeness (QED) is 0.762. The number of pyridine rings is 1. The predicted molar refractivity (Wildman–Crippen MR) is 100 cm³/mol. The summed E-state index contributed by atoms with van der Waals surface area (Å²) in [4.78, 5) is 28.0. The molecule has 4 rings (SSSR count). The van der Waals surface area contributed by atoms with Gasteiger partial charge in [0.15, 0.2) is 5.69 Å². The molecule has 4 heterocycles. The average Bonchev–Trinajstić information content (AvgIpc) is 3.16. The van der Waals surface area contributed by atoms with Gasteiger partial charge < -0.3 is 15.0 Å². The van der Waals surface area contributed by atoms with Gasteiger partial charge in [0.2, 0.25) is 5.95 Å². The fraction of sp³-hybridized carbons (Fsp3) is 0.333. The van der Waals surface area contributed by atoms with Crippen LogP contribution in [0.3, 0.4) is 0 Å². The van der Waals surface area contributed by atoms with Gasteiger partial charge in [-0.15, -0.1) is 11.3 Å². The molecule has 1 saturated heterocycles. The summed E-state index contributed by atoms with van der Waals surface area (Å²) in [6, 6.07) is 5.78. The Morgan fingerprint density at radius 1 is 1.31 bits per heavy atom. The molecule has 0 saturated carbocycles. The lowest BCUT2D eigenvalue weighted by molar-refractivity contribution is 0.0300. The summed E-state index contributed by atoms with van der Waals surface area (Å²) >= 11 is 1.49. The van der Waals surface area contributed by atoms with Crippen molar-refractivity contribution in [2.45, 2.75) is 13.0 Å². The number of thiophene rings is 1. The SMILES string of the molecule is CC(Nc1nc(C(=O)N2CCOCC2)c2sccc2n1)c1cccnc1. The number of nitrogens with one attached hydrogen (secondary N) is 1. The monoisotopic (exact) mass is 369 g/mol. The van der Waals surface area contributed by atoms with E-state index in [0.717, 1.165) is 15.8 Å². The molecular formula is C18H19N5O2S. The third kappa shape index (κ3) is 3.38. The molecule has 1 N–H and O–H groups in total. The smallest absolute Gasteiger partial charge is 0.274 e. The van der Waals surface area contributed by atoms with E-state index in [-0.39, 0.29) is 11.9 Å². The Kier molecular flexibility index (Phi) is 4.77. The highest BCUT2D eigenvalue weighted by Crippen LogP contribution is 2.26. The van der Waals surface area contributed by atoms with E-state index in [9.17, 15) is 4.79 Å². The molecule has 8 heteroatoms. The number of carbonyl (C=O) groups excluding carboxylic acids is 1. The molecule has 1 fully saturated rings. The van der Waals surface area contributed by atoms with Crippen LogP contribution in [0.15, 0.2) is 36.0 Å². The highest BCUT2D eigenvalue weighted by atomic mass is 32.1. The maximum Gasteiger partial charge on any atom is 0.274 e. The number of aromatic nitrogens is 3. The van der Waals surface area contributed by atoms with Crippen LogP contribution in [0.2, 0.25) is 0 Å². The normalized spacial score (nSPS) is 15.8. The van der Waals surface area contributed by atoms with Crippen LogP contribution >= 0.6 is 11.3 Å². The number of amides is 1. The lowest BCUT2D eigenvalue weighted by atomic mass is 10.1. The second-order valence-electron chi connectivity index (χ2n) is 6.09. The van der Waals surface area contributed by atoms with Crippen molar-refractivity contribution in [3.05, 3.63) is 47.2 Å². The van der Waals surface area contributed by atoms with Crippen molar-refractivity contribution in [2.75, 3.05) is 31.6 Å². The first-order valence-electron chi connectivity index (χ1n) is 8.51. The van der Waals surface area contributed by atoms with Crippen LogP contribution < -0.4 is 5.32 Å².